The van der Waals surface area contributed by atoms with E-state index in [1.165, 1.54) is 19.2 Å². The normalized spacial score (nSPS) is 19.3. The van der Waals surface area contributed by atoms with Crippen molar-refractivity contribution in [1.29, 1.82) is 0 Å². The van der Waals surface area contributed by atoms with E-state index < -0.39 is 11.7 Å². The predicted octanol–water partition coefficient (Wildman–Crippen LogP) is 3.22. The largest absolute Gasteiger partial charge is 0.416 e. The van der Waals surface area contributed by atoms with E-state index in [1.54, 1.807) is 6.92 Å². The van der Waals surface area contributed by atoms with Gasteiger partial charge in [0.25, 0.3) is 0 Å². The zero-order valence-electron chi connectivity index (χ0n) is 11.8. The van der Waals surface area contributed by atoms with Crippen molar-refractivity contribution in [3.05, 3.63) is 41.1 Å². The highest BCUT2D eigenvalue weighted by Crippen LogP contribution is 2.36. The van der Waals surface area contributed by atoms with Crippen molar-refractivity contribution in [1.82, 2.24) is 5.32 Å². The number of hydrogen-bond acceptors (Lipinski definition) is 3. The lowest BCUT2D eigenvalue weighted by Crippen LogP contribution is -2.16. The molecule has 3 nitrogen and oxygen atoms in total. The van der Waals surface area contributed by atoms with Crippen LogP contribution in [0.1, 0.15) is 24.5 Å². The molecular formula is C15H16F3NO2. The number of carbonyl (C=O) groups is 1. The van der Waals surface area contributed by atoms with Crippen molar-refractivity contribution in [2.75, 3.05) is 13.8 Å². The second-order valence-electron chi connectivity index (χ2n) is 5.01. The number of Topliss-reactive ketones (excluding diaryl/α,β-unsaturated/α-hetero) is 1. The average Bonchev–Trinajstić information content (AvgIpc) is 2.71. The number of benzene rings is 1. The summed E-state index contributed by atoms with van der Waals surface area (Å²) in [7, 11) is 1.50. The van der Waals surface area contributed by atoms with Crippen molar-refractivity contribution in [3.8, 4) is 0 Å². The summed E-state index contributed by atoms with van der Waals surface area (Å²) in [6, 6.07) is 4.85. The summed E-state index contributed by atoms with van der Waals surface area (Å²) in [5, 5.41) is 2.95. The van der Waals surface area contributed by atoms with E-state index in [4.69, 9.17) is 4.74 Å². The second-order valence-corrected chi connectivity index (χ2v) is 5.01. The van der Waals surface area contributed by atoms with Gasteiger partial charge in [-0.2, -0.15) is 13.2 Å². The highest BCUT2D eigenvalue weighted by Gasteiger charge is 2.34. The van der Waals surface area contributed by atoms with Gasteiger partial charge in [0.05, 0.1) is 5.56 Å². The van der Waals surface area contributed by atoms with Crippen LogP contribution >= 0.6 is 0 Å². The van der Waals surface area contributed by atoms with E-state index in [9.17, 15) is 18.0 Å². The Hall–Kier alpha value is -1.82. The second kappa shape index (κ2) is 5.89. The summed E-state index contributed by atoms with van der Waals surface area (Å²) < 4.78 is 43.3. The van der Waals surface area contributed by atoms with Crippen LogP contribution in [0.15, 0.2) is 30.0 Å². The summed E-state index contributed by atoms with van der Waals surface area (Å²) in [5.74, 6) is -0.387. The van der Waals surface area contributed by atoms with E-state index in [0.717, 1.165) is 12.1 Å². The molecule has 1 aliphatic rings. The van der Waals surface area contributed by atoms with Crippen molar-refractivity contribution in [2.45, 2.75) is 19.5 Å². The number of halogens is 3. The minimum Gasteiger partial charge on any atom is -0.365 e. The quantitative estimate of drug-likeness (QED) is 0.868. The standard InChI is InChI=1S/C15H16F3NO2/c1-9-6-12(19-8-21-2)13(14(9)20)10-4-3-5-11(7-10)15(16,17)18/h3-5,7,9,19H,6,8H2,1-2H3. The van der Waals surface area contributed by atoms with Crippen LogP contribution in [-0.4, -0.2) is 19.6 Å². The Kier molecular flexibility index (Phi) is 4.37. The van der Waals surface area contributed by atoms with Crippen LogP contribution in [-0.2, 0) is 15.7 Å². The van der Waals surface area contributed by atoms with Crippen molar-refractivity contribution in [2.24, 2.45) is 5.92 Å². The lowest BCUT2D eigenvalue weighted by Gasteiger charge is -2.11. The van der Waals surface area contributed by atoms with Crippen LogP contribution in [0.2, 0.25) is 0 Å². The summed E-state index contributed by atoms with van der Waals surface area (Å²) in [6.07, 6.45) is -3.95. The molecule has 0 saturated carbocycles. The smallest absolute Gasteiger partial charge is 0.365 e. The third kappa shape index (κ3) is 3.26. The van der Waals surface area contributed by atoms with Gasteiger partial charge in [0.2, 0.25) is 0 Å². The SMILES string of the molecule is COCNC1=C(c2cccc(C(F)(F)F)c2)C(=O)C(C)C1. The van der Waals surface area contributed by atoms with Gasteiger partial charge < -0.3 is 10.1 Å². The van der Waals surface area contributed by atoms with Gasteiger partial charge in [-0.25, -0.2) is 0 Å². The number of nitrogens with one attached hydrogen (secondary N) is 1. The van der Waals surface area contributed by atoms with Gasteiger partial charge in [-0.15, -0.1) is 0 Å². The molecule has 0 spiro atoms. The van der Waals surface area contributed by atoms with Crippen molar-refractivity contribution < 1.29 is 22.7 Å². The average molecular weight is 299 g/mol. The van der Waals surface area contributed by atoms with Crippen LogP contribution in [0.25, 0.3) is 5.57 Å². The predicted molar refractivity (Wildman–Crippen MR) is 72.2 cm³/mol. The number of alkyl halides is 3. The van der Waals surface area contributed by atoms with Crippen molar-refractivity contribution in [3.63, 3.8) is 0 Å². The van der Waals surface area contributed by atoms with Crippen LogP contribution in [0.5, 0.6) is 0 Å². The monoisotopic (exact) mass is 299 g/mol. The molecule has 0 fully saturated rings. The molecule has 6 heteroatoms. The van der Waals surface area contributed by atoms with E-state index >= 15 is 0 Å². The maximum Gasteiger partial charge on any atom is 0.416 e. The number of ether oxygens (including phenoxy) is 1. The lowest BCUT2D eigenvalue weighted by atomic mass is 9.98. The minimum absolute atomic E-state index is 0.145. The summed E-state index contributed by atoms with van der Waals surface area (Å²) in [4.78, 5) is 12.2. The Balaban J connectivity index is 2.44. The highest BCUT2D eigenvalue weighted by atomic mass is 19.4. The number of rotatable bonds is 4. The summed E-state index contributed by atoms with van der Waals surface area (Å²) in [5.41, 5.74) is 0.489. The molecule has 0 heterocycles. The molecule has 1 N–H and O–H groups in total. The van der Waals surface area contributed by atoms with Crippen LogP contribution in [0.3, 0.4) is 0 Å². The van der Waals surface area contributed by atoms with Gasteiger partial charge in [-0.1, -0.05) is 19.1 Å². The maximum atomic E-state index is 12.8. The van der Waals surface area contributed by atoms with Crippen LogP contribution < -0.4 is 5.32 Å². The molecule has 1 unspecified atom stereocenters. The molecule has 1 aromatic carbocycles. The van der Waals surface area contributed by atoms with E-state index in [1.807, 2.05) is 0 Å². The topological polar surface area (TPSA) is 38.3 Å². The van der Waals surface area contributed by atoms with Gasteiger partial charge in [-0.3, -0.25) is 4.79 Å². The fraction of sp³-hybridized carbons (Fsp3) is 0.400. The van der Waals surface area contributed by atoms with Gasteiger partial charge in [0, 0.05) is 24.3 Å². The molecule has 114 valence electrons. The number of ketones is 1. The minimum atomic E-state index is -4.43. The first-order valence-electron chi connectivity index (χ1n) is 6.52. The molecule has 21 heavy (non-hydrogen) atoms. The van der Waals surface area contributed by atoms with Gasteiger partial charge in [0.15, 0.2) is 5.78 Å². The van der Waals surface area contributed by atoms with E-state index in [2.05, 4.69) is 5.32 Å². The molecule has 0 bridgehead atoms. The zero-order valence-corrected chi connectivity index (χ0v) is 11.8. The summed E-state index contributed by atoms with van der Waals surface area (Å²) in [6.45, 7) is 1.97. The third-order valence-electron chi connectivity index (χ3n) is 3.41. The number of allylic oxidation sites excluding steroid dienone is 2. The molecular weight excluding hydrogens is 283 g/mol. The lowest BCUT2D eigenvalue weighted by molar-refractivity contribution is -0.137. The Bertz CT molecular complexity index is 579. The first-order chi connectivity index (χ1) is 9.84. The molecule has 1 aromatic rings. The molecule has 0 radical (unpaired) electrons. The Morgan fingerprint density at radius 2 is 2.10 bits per heavy atom. The molecule has 2 rings (SSSR count). The van der Waals surface area contributed by atoms with E-state index in [-0.39, 0.29) is 24.0 Å². The first-order valence-corrected chi connectivity index (χ1v) is 6.52. The highest BCUT2D eigenvalue weighted by molar-refractivity contribution is 6.24. The molecule has 1 atom stereocenters. The van der Waals surface area contributed by atoms with Gasteiger partial charge in [-0.05, 0) is 24.1 Å². The molecule has 0 aliphatic heterocycles. The van der Waals surface area contributed by atoms with Crippen LogP contribution in [0.4, 0.5) is 13.2 Å². The van der Waals surface area contributed by atoms with Crippen molar-refractivity contribution >= 4 is 11.4 Å². The fourth-order valence-electron chi connectivity index (χ4n) is 2.38. The molecule has 0 amide bonds. The number of carbonyl (C=O) groups excluding carboxylic acids is 1. The fourth-order valence-corrected chi connectivity index (χ4v) is 2.38. The third-order valence-corrected chi connectivity index (χ3v) is 3.41. The zero-order chi connectivity index (χ0) is 15.6. The summed E-state index contributed by atoms with van der Waals surface area (Å²) >= 11 is 0. The number of methoxy groups -OCH3 is 1. The van der Waals surface area contributed by atoms with E-state index in [0.29, 0.717) is 17.7 Å². The maximum absolute atomic E-state index is 12.8. The molecule has 0 saturated heterocycles. The molecule has 0 aromatic heterocycles. The first kappa shape index (κ1) is 15.6. The Morgan fingerprint density at radius 1 is 1.38 bits per heavy atom. The number of hydrogen-bond donors (Lipinski definition) is 1. The Labute approximate surface area is 120 Å². The Morgan fingerprint density at radius 3 is 2.71 bits per heavy atom. The molecule has 1 aliphatic carbocycles. The van der Waals surface area contributed by atoms with Gasteiger partial charge >= 0.3 is 6.18 Å². The van der Waals surface area contributed by atoms with Gasteiger partial charge in [0.1, 0.15) is 6.73 Å². The van der Waals surface area contributed by atoms with Crippen LogP contribution in [0, 0.1) is 5.92 Å².